The maximum absolute atomic E-state index is 8.52. The lowest BCUT2D eigenvalue weighted by molar-refractivity contribution is 0.271. The zero-order valence-electron chi connectivity index (χ0n) is 5.76. The van der Waals surface area contributed by atoms with Crippen molar-refractivity contribution in [2.75, 3.05) is 6.61 Å². The Bertz CT molecular complexity index is 69.4. The lowest BCUT2D eigenvalue weighted by Crippen LogP contribution is -2.18. The maximum atomic E-state index is 8.52. The van der Waals surface area contributed by atoms with Crippen LogP contribution in [0.15, 0.2) is 0 Å². The number of nitrogens with two attached hydrogens (primary N) is 1. The average Bonchev–Trinajstić information content (AvgIpc) is 1.64. The van der Waals surface area contributed by atoms with Gasteiger partial charge in [0, 0.05) is 23.4 Å². The minimum Gasteiger partial charge on any atom is -0.396 e. The predicted molar refractivity (Wildman–Crippen MR) is 38.6 cm³/mol. The van der Waals surface area contributed by atoms with E-state index in [1.807, 2.05) is 13.8 Å². The molecule has 9 heavy (non-hydrogen) atoms. The second-order valence-corrected chi connectivity index (χ2v) is 3.88. The molecule has 0 aliphatic carbocycles. The molecule has 0 bridgehead atoms. The maximum Gasteiger partial charge on any atom is 0.0444 e. The van der Waals surface area contributed by atoms with Crippen LogP contribution in [-0.4, -0.2) is 16.5 Å². The molecule has 0 aliphatic rings. The molecule has 0 aromatic rings. The zero-order chi connectivity index (χ0) is 7.33. The van der Waals surface area contributed by atoms with Crippen LogP contribution in [0.2, 0.25) is 0 Å². The first-order chi connectivity index (χ1) is 4.12. The third-order valence-electron chi connectivity index (χ3n) is 0.988. The summed E-state index contributed by atoms with van der Waals surface area (Å²) < 4.78 is 4.28. The Balaban J connectivity index is 3.43. The van der Waals surface area contributed by atoms with Gasteiger partial charge in [0.15, 0.2) is 0 Å². The molecule has 0 unspecified atom stereocenters. The number of aliphatic hydroxyl groups excluding tert-OH is 1. The van der Waals surface area contributed by atoms with Gasteiger partial charge in [0.1, 0.15) is 0 Å². The Labute approximate surface area is 59.7 Å². The van der Waals surface area contributed by atoms with E-state index in [9.17, 15) is 0 Å². The van der Waals surface area contributed by atoms with E-state index in [0.29, 0.717) is 6.42 Å². The van der Waals surface area contributed by atoms with Gasteiger partial charge < -0.3 is 5.11 Å². The average molecular weight is 151 g/mol. The van der Waals surface area contributed by atoms with Crippen molar-refractivity contribution in [2.24, 2.45) is 5.90 Å². The second kappa shape index (κ2) is 4.11. The molecule has 0 fully saturated rings. The van der Waals surface area contributed by atoms with Crippen LogP contribution in [0.5, 0.6) is 0 Å². The highest BCUT2D eigenvalue weighted by molar-refractivity contribution is 7.96. The molecule has 0 aromatic heterocycles. The fourth-order valence-corrected chi connectivity index (χ4v) is 0.876. The molecule has 0 spiro atoms. The van der Waals surface area contributed by atoms with Crippen molar-refractivity contribution in [3.63, 3.8) is 0 Å². The van der Waals surface area contributed by atoms with E-state index in [1.165, 1.54) is 12.0 Å². The topological polar surface area (TPSA) is 55.5 Å². The van der Waals surface area contributed by atoms with E-state index in [-0.39, 0.29) is 11.4 Å². The van der Waals surface area contributed by atoms with Gasteiger partial charge >= 0.3 is 0 Å². The number of aliphatic hydroxyl groups is 1. The normalized spacial score (nSPS) is 12.0. The fourth-order valence-electron chi connectivity index (χ4n) is 0.441. The minimum absolute atomic E-state index is 0.0799. The highest BCUT2D eigenvalue weighted by atomic mass is 32.2. The van der Waals surface area contributed by atoms with Crippen LogP contribution >= 0.6 is 12.0 Å². The van der Waals surface area contributed by atoms with Crippen molar-refractivity contribution in [2.45, 2.75) is 25.0 Å². The zero-order valence-corrected chi connectivity index (χ0v) is 6.57. The van der Waals surface area contributed by atoms with Gasteiger partial charge in [0.2, 0.25) is 0 Å². The molecule has 0 radical (unpaired) electrons. The molecular formula is C5H13NO2S. The molecule has 0 saturated heterocycles. The van der Waals surface area contributed by atoms with E-state index >= 15 is 0 Å². The van der Waals surface area contributed by atoms with Crippen LogP contribution in [-0.2, 0) is 4.28 Å². The van der Waals surface area contributed by atoms with Gasteiger partial charge in [-0.25, -0.2) is 10.2 Å². The summed E-state index contributed by atoms with van der Waals surface area (Å²) in [4.78, 5) is 0. The third-order valence-corrected chi connectivity index (χ3v) is 1.74. The van der Waals surface area contributed by atoms with Gasteiger partial charge in [0.05, 0.1) is 0 Å². The van der Waals surface area contributed by atoms with Gasteiger partial charge in [0.25, 0.3) is 0 Å². The molecule has 0 saturated carbocycles. The second-order valence-electron chi connectivity index (χ2n) is 2.41. The standard InChI is InChI=1S/C5H13NO2S/c1-5(2,3-4-7)9-8-6/h7H,3-4,6H2,1-2H3. The van der Waals surface area contributed by atoms with E-state index < -0.39 is 0 Å². The Morgan fingerprint density at radius 3 is 2.56 bits per heavy atom. The van der Waals surface area contributed by atoms with E-state index in [2.05, 4.69) is 4.28 Å². The van der Waals surface area contributed by atoms with Crippen LogP contribution in [0.3, 0.4) is 0 Å². The molecule has 0 aliphatic heterocycles. The first kappa shape index (κ1) is 9.23. The lowest BCUT2D eigenvalue weighted by atomic mass is 10.1. The van der Waals surface area contributed by atoms with Crippen molar-refractivity contribution in [1.82, 2.24) is 0 Å². The summed E-state index contributed by atoms with van der Waals surface area (Å²) in [6.07, 6.45) is 0.689. The van der Waals surface area contributed by atoms with Crippen LogP contribution < -0.4 is 5.90 Å². The van der Waals surface area contributed by atoms with Crippen molar-refractivity contribution < 1.29 is 9.39 Å². The molecule has 4 heteroatoms. The molecule has 0 aromatic carbocycles. The van der Waals surface area contributed by atoms with Crippen LogP contribution in [0.25, 0.3) is 0 Å². The first-order valence-corrected chi connectivity index (χ1v) is 3.52. The number of hydrogen-bond donors (Lipinski definition) is 2. The molecule has 56 valence electrons. The minimum atomic E-state index is -0.0799. The largest absolute Gasteiger partial charge is 0.396 e. The predicted octanol–water partition coefficient (Wildman–Crippen LogP) is 0.686. The summed E-state index contributed by atoms with van der Waals surface area (Å²) in [5.74, 6) is 4.83. The monoisotopic (exact) mass is 151 g/mol. The van der Waals surface area contributed by atoms with Gasteiger partial charge in [-0.1, -0.05) is 0 Å². The van der Waals surface area contributed by atoms with Crippen LogP contribution in [0.1, 0.15) is 20.3 Å². The summed E-state index contributed by atoms with van der Waals surface area (Å²) in [7, 11) is 0. The van der Waals surface area contributed by atoms with Crippen LogP contribution in [0.4, 0.5) is 0 Å². The van der Waals surface area contributed by atoms with Crippen LogP contribution in [0, 0.1) is 0 Å². The number of hydrogen-bond acceptors (Lipinski definition) is 4. The smallest absolute Gasteiger partial charge is 0.0444 e. The van der Waals surface area contributed by atoms with Crippen molar-refractivity contribution in [3.8, 4) is 0 Å². The quantitative estimate of drug-likeness (QED) is 0.458. The molecule has 3 nitrogen and oxygen atoms in total. The lowest BCUT2D eigenvalue weighted by Gasteiger charge is -2.19. The Morgan fingerprint density at radius 2 is 2.22 bits per heavy atom. The molecule has 0 amide bonds. The van der Waals surface area contributed by atoms with E-state index in [0.717, 1.165) is 0 Å². The van der Waals surface area contributed by atoms with Gasteiger partial charge in [-0.05, 0) is 20.3 Å². The molecular weight excluding hydrogens is 138 g/mol. The molecule has 3 N–H and O–H groups in total. The Morgan fingerprint density at radius 1 is 1.67 bits per heavy atom. The van der Waals surface area contributed by atoms with Gasteiger partial charge in [-0.15, -0.1) is 0 Å². The Kier molecular flexibility index (Phi) is 4.22. The summed E-state index contributed by atoms with van der Waals surface area (Å²) >= 11 is 1.18. The van der Waals surface area contributed by atoms with E-state index in [4.69, 9.17) is 11.0 Å². The van der Waals surface area contributed by atoms with Gasteiger partial charge in [-0.2, -0.15) is 0 Å². The van der Waals surface area contributed by atoms with Gasteiger partial charge in [-0.3, -0.25) is 0 Å². The SMILES string of the molecule is CC(C)(CCO)SON. The van der Waals surface area contributed by atoms with E-state index in [1.54, 1.807) is 0 Å². The molecule has 0 atom stereocenters. The molecule has 0 rings (SSSR count). The highest BCUT2D eigenvalue weighted by Crippen LogP contribution is 2.26. The first-order valence-electron chi connectivity index (χ1n) is 2.78. The fraction of sp³-hybridized carbons (Fsp3) is 1.00. The number of rotatable bonds is 4. The molecule has 0 heterocycles. The summed E-state index contributed by atoms with van der Waals surface area (Å²) in [6, 6.07) is 0. The highest BCUT2D eigenvalue weighted by Gasteiger charge is 2.17. The third kappa shape index (κ3) is 4.72. The van der Waals surface area contributed by atoms with Crippen molar-refractivity contribution in [1.29, 1.82) is 0 Å². The Hall–Kier alpha value is 0.230. The summed E-state index contributed by atoms with van der Waals surface area (Å²) in [5, 5.41) is 8.52. The van der Waals surface area contributed by atoms with Crippen molar-refractivity contribution in [3.05, 3.63) is 0 Å². The summed E-state index contributed by atoms with van der Waals surface area (Å²) in [5.41, 5.74) is 0. The summed E-state index contributed by atoms with van der Waals surface area (Å²) in [6.45, 7) is 4.09. The van der Waals surface area contributed by atoms with Crippen molar-refractivity contribution >= 4 is 12.0 Å².